The second-order valence-corrected chi connectivity index (χ2v) is 7.85. The third kappa shape index (κ3) is 3.23. The molecule has 2 aromatic heterocycles. The van der Waals surface area contributed by atoms with Crippen molar-refractivity contribution in [3.8, 4) is 5.75 Å². The van der Waals surface area contributed by atoms with Crippen molar-refractivity contribution in [3.63, 3.8) is 0 Å². The molecule has 1 amide bonds. The van der Waals surface area contributed by atoms with Gasteiger partial charge in [-0.15, -0.1) is 11.3 Å². The second kappa shape index (κ2) is 7.68. The first-order chi connectivity index (χ1) is 14.7. The van der Waals surface area contributed by atoms with E-state index in [-0.39, 0.29) is 11.9 Å². The number of benzene rings is 2. The number of methoxy groups -OCH3 is 1. The zero-order valence-electron chi connectivity index (χ0n) is 16.2. The van der Waals surface area contributed by atoms with Crippen molar-refractivity contribution in [3.05, 3.63) is 88.4 Å². The van der Waals surface area contributed by atoms with Crippen LogP contribution >= 0.6 is 11.3 Å². The molecule has 0 N–H and O–H groups in total. The summed E-state index contributed by atoms with van der Waals surface area (Å²) in [6, 6.07) is 17.1. The standard InChI is InChI=1S/C23H18N4O2S/c1-29-21-6-3-2-5-16(21)18-14-20(27(26-18)23(28)22-7-4-12-30-22)15-8-9-17-19(13-15)25-11-10-24-17/h2-13,20H,14H2,1H3/t20-/m0/s1. The van der Waals surface area contributed by atoms with E-state index < -0.39 is 0 Å². The van der Waals surface area contributed by atoms with Gasteiger partial charge in [-0.1, -0.05) is 24.3 Å². The van der Waals surface area contributed by atoms with Crippen LogP contribution in [-0.4, -0.2) is 33.7 Å². The molecular formula is C23H18N4O2S. The summed E-state index contributed by atoms with van der Waals surface area (Å²) in [6.07, 6.45) is 3.93. The van der Waals surface area contributed by atoms with Crippen molar-refractivity contribution >= 4 is 34.0 Å². The van der Waals surface area contributed by atoms with Crippen LogP contribution in [0.4, 0.5) is 0 Å². The van der Waals surface area contributed by atoms with E-state index in [4.69, 9.17) is 9.84 Å². The molecular weight excluding hydrogens is 396 g/mol. The van der Waals surface area contributed by atoms with Gasteiger partial charge in [0, 0.05) is 24.4 Å². The zero-order chi connectivity index (χ0) is 20.5. The SMILES string of the molecule is COc1ccccc1C1=NN(C(=O)c2cccs2)[C@H](c2ccc3nccnc3c2)C1. The summed E-state index contributed by atoms with van der Waals surface area (Å²) in [5, 5.41) is 8.24. The molecule has 0 aliphatic carbocycles. The minimum atomic E-state index is -0.231. The van der Waals surface area contributed by atoms with E-state index in [0.717, 1.165) is 33.6 Å². The van der Waals surface area contributed by atoms with E-state index >= 15 is 0 Å². The van der Waals surface area contributed by atoms with Gasteiger partial charge in [0.2, 0.25) is 0 Å². The molecule has 30 heavy (non-hydrogen) atoms. The average molecular weight is 414 g/mol. The third-order valence-electron chi connectivity index (χ3n) is 5.15. The van der Waals surface area contributed by atoms with Crippen molar-refractivity contribution in [2.75, 3.05) is 7.11 Å². The first-order valence-corrected chi connectivity index (χ1v) is 10.4. The molecule has 5 rings (SSSR count). The minimum Gasteiger partial charge on any atom is -0.496 e. The molecule has 1 atom stereocenters. The molecule has 0 unspecified atom stereocenters. The Morgan fingerprint density at radius 3 is 2.70 bits per heavy atom. The lowest BCUT2D eigenvalue weighted by atomic mass is 9.97. The number of carbonyl (C=O) groups is 1. The Bertz CT molecular complexity index is 1250. The predicted octanol–water partition coefficient (Wildman–Crippen LogP) is 4.69. The van der Waals surface area contributed by atoms with Crippen molar-refractivity contribution in [2.45, 2.75) is 12.5 Å². The number of carbonyl (C=O) groups excluding carboxylic acids is 1. The van der Waals surface area contributed by atoms with E-state index in [1.807, 2.05) is 60.0 Å². The Morgan fingerprint density at radius 2 is 1.90 bits per heavy atom. The Morgan fingerprint density at radius 1 is 1.07 bits per heavy atom. The summed E-state index contributed by atoms with van der Waals surface area (Å²) >= 11 is 1.41. The second-order valence-electron chi connectivity index (χ2n) is 6.90. The van der Waals surface area contributed by atoms with Gasteiger partial charge in [0.05, 0.1) is 34.8 Å². The normalized spacial score (nSPS) is 16.0. The number of aromatic nitrogens is 2. The van der Waals surface area contributed by atoms with Gasteiger partial charge in [-0.2, -0.15) is 5.10 Å². The maximum absolute atomic E-state index is 13.3. The molecule has 4 aromatic rings. The summed E-state index contributed by atoms with van der Waals surface area (Å²) < 4.78 is 5.52. The smallest absolute Gasteiger partial charge is 0.284 e. The number of ether oxygens (including phenoxy) is 1. The molecule has 2 aromatic carbocycles. The number of hydrogen-bond donors (Lipinski definition) is 0. The van der Waals surface area contributed by atoms with E-state index in [0.29, 0.717) is 11.3 Å². The summed E-state index contributed by atoms with van der Waals surface area (Å²) in [5.74, 6) is 0.629. The summed E-state index contributed by atoms with van der Waals surface area (Å²) in [4.78, 5) is 22.7. The highest BCUT2D eigenvalue weighted by Crippen LogP contribution is 2.37. The highest BCUT2D eigenvalue weighted by molar-refractivity contribution is 7.12. The molecule has 0 saturated carbocycles. The molecule has 1 aliphatic heterocycles. The third-order valence-corrected chi connectivity index (χ3v) is 6.00. The lowest BCUT2D eigenvalue weighted by Crippen LogP contribution is -2.26. The fourth-order valence-electron chi connectivity index (χ4n) is 3.70. The van der Waals surface area contributed by atoms with Crippen LogP contribution in [-0.2, 0) is 0 Å². The summed E-state index contributed by atoms with van der Waals surface area (Å²) in [5.41, 5.74) is 4.31. The topological polar surface area (TPSA) is 67.7 Å². The van der Waals surface area contributed by atoms with Gasteiger partial charge in [-0.05, 0) is 41.3 Å². The number of para-hydroxylation sites is 1. The van der Waals surface area contributed by atoms with Crippen molar-refractivity contribution < 1.29 is 9.53 Å². The average Bonchev–Trinajstić information content (AvgIpc) is 3.49. The van der Waals surface area contributed by atoms with Crippen molar-refractivity contribution in [1.29, 1.82) is 0 Å². The summed E-state index contributed by atoms with van der Waals surface area (Å²) in [7, 11) is 1.64. The molecule has 0 bridgehead atoms. The van der Waals surface area contributed by atoms with Gasteiger partial charge in [0.25, 0.3) is 5.91 Å². The maximum Gasteiger partial charge on any atom is 0.284 e. The molecule has 0 spiro atoms. The van der Waals surface area contributed by atoms with Gasteiger partial charge < -0.3 is 4.74 Å². The van der Waals surface area contributed by atoms with Gasteiger partial charge in [0.15, 0.2) is 0 Å². The van der Waals surface area contributed by atoms with Crippen LogP contribution in [0.1, 0.15) is 33.3 Å². The maximum atomic E-state index is 13.3. The summed E-state index contributed by atoms with van der Waals surface area (Å²) in [6.45, 7) is 0. The van der Waals surface area contributed by atoms with Crippen LogP contribution in [0.25, 0.3) is 11.0 Å². The van der Waals surface area contributed by atoms with Crippen LogP contribution in [0.15, 0.2) is 77.5 Å². The molecule has 3 heterocycles. The van der Waals surface area contributed by atoms with Crippen LogP contribution in [0.5, 0.6) is 5.75 Å². The van der Waals surface area contributed by atoms with Crippen LogP contribution < -0.4 is 4.74 Å². The van der Waals surface area contributed by atoms with Crippen molar-refractivity contribution in [1.82, 2.24) is 15.0 Å². The van der Waals surface area contributed by atoms with Crippen LogP contribution in [0.2, 0.25) is 0 Å². The van der Waals surface area contributed by atoms with Crippen molar-refractivity contribution in [2.24, 2.45) is 5.10 Å². The quantitative estimate of drug-likeness (QED) is 0.486. The molecule has 0 saturated heterocycles. The number of hydrogen-bond acceptors (Lipinski definition) is 6. The van der Waals surface area contributed by atoms with Gasteiger partial charge in [-0.25, -0.2) is 5.01 Å². The molecule has 1 aliphatic rings. The van der Waals surface area contributed by atoms with E-state index in [9.17, 15) is 4.79 Å². The highest BCUT2D eigenvalue weighted by atomic mass is 32.1. The molecule has 7 heteroatoms. The lowest BCUT2D eigenvalue weighted by Gasteiger charge is -2.21. The lowest BCUT2D eigenvalue weighted by molar-refractivity contribution is 0.0716. The number of hydrazone groups is 1. The van der Waals surface area contributed by atoms with Gasteiger partial charge in [0.1, 0.15) is 5.75 Å². The Kier molecular flexibility index (Phi) is 4.72. The zero-order valence-corrected chi connectivity index (χ0v) is 17.0. The number of thiophene rings is 1. The highest BCUT2D eigenvalue weighted by Gasteiger charge is 2.35. The fraction of sp³-hybridized carbons (Fsp3) is 0.130. The van der Waals surface area contributed by atoms with Crippen LogP contribution in [0, 0.1) is 0 Å². The number of rotatable bonds is 4. The van der Waals surface area contributed by atoms with Crippen LogP contribution in [0.3, 0.4) is 0 Å². The predicted molar refractivity (Wildman–Crippen MR) is 117 cm³/mol. The molecule has 6 nitrogen and oxygen atoms in total. The van der Waals surface area contributed by atoms with E-state index in [2.05, 4.69) is 9.97 Å². The largest absolute Gasteiger partial charge is 0.496 e. The first-order valence-electron chi connectivity index (χ1n) is 9.53. The molecule has 148 valence electrons. The minimum absolute atomic E-state index is 0.112. The van der Waals surface area contributed by atoms with Gasteiger partial charge in [-0.3, -0.25) is 14.8 Å². The van der Waals surface area contributed by atoms with Gasteiger partial charge >= 0.3 is 0 Å². The number of fused-ring (bicyclic) bond motifs is 1. The Labute approximate surface area is 177 Å². The first kappa shape index (κ1) is 18.4. The van der Waals surface area contributed by atoms with E-state index in [1.165, 1.54) is 11.3 Å². The molecule has 0 fully saturated rings. The van der Waals surface area contributed by atoms with E-state index in [1.54, 1.807) is 24.5 Å². The molecule has 0 radical (unpaired) electrons. The monoisotopic (exact) mass is 414 g/mol. The fourth-order valence-corrected chi connectivity index (χ4v) is 4.36. The number of nitrogens with zero attached hydrogens (tertiary/aromatic N) is 4. The Balaban J connectivity index is 1.59. The number of amides is 1. The Hall–Kier alpha value is -3.58.